The molecule has 0 saturated heterocycles. The highest BCUT2D eigenvalue weighted by atomic mass is 32.2. The van der Waals surface area contributed by atoms with Crippen molar-refractivity contribution in [2.45, 2.75) is 63.4 Å². The number of rotatable bonds is 12. The van der Waals surface area contributed by atoms with Crippen molar-refractivity contribution < 1.29 is 28.0 Å². The summed E-state index contributed by atoms with van der Waals surface area (Å²) in [6, 6.07) is 11.3. The number of Topliss-reactive ketones (excluding diaryl/α,β-unsaturated/α-hetero) is 1. The Kier molecular flexibility index (Phi) is 10.1. The zero-order valence-corrected chi connectivity index (χ0v) is 23.2. The van der Waals surface area contributed by atoms with Gasteiger partial charge in [0, 0.05) is 31.5 Å². The molecule has 0 aliphatic carbocycles. The van der Waals surface area contributed by atoms with Gasteiger partial charge >= 0.3 is 6.09 Å². The molecular weight excluding hydrogens is 492 g/mol. The van der Waals surface area contributed by atoms with Crippen molar-refractivity contribution in [1.29, 1.82) is 0 Å². The van der Waals surface area contributed by atoms with E-state index in [0.717, 1.165) is 16.9 Å². The molecule has 1 aliphatic heterocycles. The molecule has 0 fully saturated rings. The monoisotopic (exact) mass is 530 g/mol. The smallest absolute Gasteiger partial charge is 0.410 e. The number of nitrogens with zero attached hydrogens (tertiary/aromatic N) is 1. The third kappa shape index (κ3) is 8.04. The third-order valence-corrected chi connectivity index (χ3v) is 7.11. The maximum atomic E-state index is 13.0. The van der Waals surface area contributed by atoms with Crippen LogP contribution >= 0.6 is 0 Å². The van der Waals surface area contributed by atoms with Crippen molar-refractivity contribution in [1.82, 2.24) is 9.62 Å². The second-order valence-electron chi connectivity index (χ2n) is 9.94. The molecule has 2 aromatic rings. The quantitative estimate of drug-likeness (QED) is 0.316. The number of fused-ring (bicyclic) bond motifs is 1. The van der Waals surface area contributed by atoms with E-state index in [-0.39, 0.29) is 11.9 Å². The number of hydrogen-bond acceptors (Lipinski definition) is 6. The first-order chi connectivity index (χ1) is 17.6. The number of nitrogens with one attached hydrogen (secondary N) is 1. The second-order valence-corrected chi connectivity index (χ2v) is 11.3. The normalized spacial score (nSPS) is 13.4. The predicted molar refractivity (Wildman–Crippen MR) is 144 cm³/mol. The molecule has 1 aliphatic rings. The van der Waals surface area contributed by atoms with E-state index in [1.165, 1.54) is 0 Å². The number of ketones is 1. The number of carbonyl (C=O) groups is 2. The van der Waals surface area contributed by atoms with Crippen LogP contribution in [-0.4, -0.2) is 60.4 Å². The Morgan fingerprint density at radius 3 is 2.59 bits per heavy atom. The first-order valence-corrected chi connectivity index (χ1v) is 13.8. The van der Waals surface area contributed by atoms with E-state index in [1.807, 2.05) is 51.1 Å². The Morgan fingerprint density at radius 1 is 1.14 bits per heavy atom. The number of para-hydroxylation sites is 1. The molecule has 1 heterocycles. The molecular formula is C28H38N2O6S. The Balaban J connectivity index is 1.61. The Bertz CT molecular complexity index is 1130. The number of methoxy groups -OCH3 is 1. The first kappa shape index (κ1) is 28.7. The van der Waals surface area contributed by atoms with Gasteiger partial charge in [0.05, 0.1) is 18.6 Å². The van der Waals surface area contributed by atoms with E-state index in [2.05, 4.69) is 4.72 Å². The zero-order valence-electron chi connectivity index (χ0n) is 22.4. The van der Waals surface area contributed by atoms with Gasteiger partial charge in [-0.1, -0.05) is 18.2 Å². The highest BCUT2D eigenvalue weighted by molar-refractivity contribution is 7.83. The third-order valence-electron chi connectivity index (χ3n) is 6.03. The average Bonchev–Trinajstić information content (AvgIpc) is 3.35. The van der Waals surface area contributed by atoms with Gasteiger partial charge in [0.25, 0.3) is 0 Å². The summed E-state index contributed by atoms with van der Waals surface area (Å²) in [4.78, 5) is 28.1. The van der Waals surface area contributed by atoms with Crippen LogP contribution in [0.2, 0.25) is 0 Å². The Hall–Kier alpha value is -2.91. The molecule has 37 heavy (non-hydrogen) atoms. The van der Waals surface area contributed by atoms with Gasteiger partial charge in [-0.3, -0.25) is 4.79 Å². The van der Waals surface area contributed by atoms with Crippen LogP contribution in [0.5, 0.6) is 11.5 Å². The highest BCUT2D eigenvalue weighted by Crippen LogP contribution is 2.33. The fourth-order valence-electron chi connectivity index (χ4n) is 4.20. The lowest BCUT2D eigenvalue weighted by atomic mass is 10.0. The van der Waals surface area contributed by atoms with Gasteiger partial charge in [-0.05, 0) is 76.4 Å². The molecule has 1 N–H and O–H groups in total. The van der Waals surface area contributed by atoms with Crippen LogP contribution in [0.25, 0.3) is 0 Å². The van der Waals surface area contributed by atoms with Crippen molar-refractivity contribution in [2.24, 2.45) is 0 Å². The molecule has 1 unspecified atom stereocenters. The molecule has 8 nitrogen and oxygen atoms in total. The SMILES string of the molecule is CNS(=O)c1cc(C(=O)CCCCN(CCc2ccccc2OC)C(=O)OC(C)(C)C)cc2c1OCC2. The fraction of sp³-hybridized carbons (Fsp3) is 0.500. The maximum Gasteiger partial charge on any atom is 0.410 e. The van der Waals surface area contributed by atoms with E-state index in [1.54, 1.807) is 25.1 Å². The van der Waals surface area contributed by atoms with Crippen molar-refractivity contribution >= 4 is 22.9 Å². The first-order valence-electron chi connectivity index (χ1n) is 12.6. The minimum Gasteiger partial charge on any atom is -0.496 e. The molecule has 0 saturated carbocycles. The van der Waals surface area contributed by atoms with Gasteiger partial charge in [-0.2, -0.15) is 0 Å². The van der Waals surface area contributed by atoms with Crippen molar-refractivity contribution in [3.8, 4) is 11.5 Å². The predicted octanol–water partition coefficient (Wildman–Crippen LogP) is 4.70. The van der Waals surface area contributed by atoms with Crippen LogP contribution in [0.4, 0.5) is 4.79 Å². The van der Waals surface area contributed by atoms with Gasteiger partial charge in [-0.15, -0.1) is 0 Å². The van der Waals surface area contributed by atoms with E-state index in [0.29, 0.717) is 68.0 Å². The van der Waals surface area contributed by atoms with Crippen LogP contribution < -0.4 is 14.2 Å². The summed E-state index contributed by atoms with van der Waals surface area (Å²) in [5.41, 5.74) is 1.88. The van der Waals surface area contributed by atoms with Crippen LogP contribution in [-0.2, 0) is 28.6 Å². The summed E-state index contributed by atoms with van der Waals surface area (Å²) in [6.45, 7) is 7.02. The largest absolute Gasteiger partial charge is 0.496 e. The number of hydrogen-bond donors (Lipinski definition) is 1. The molecule has 1 atom stereocenters. The minimum atomic E-state index is -1.44. The summed E-state index contributed by atoms with van der Waals surface area (Å²) < 4.78 is 31.8. The minimum absolute atomic E-state index is 0.0121. The summed E-state index contributed by atoms with van der Waals surface area (Å²) in [7, 11) is 1.80. The molecule has 0 radical (unpaired) electrons. The summed E-state index contributed by atoms with van der Waals surface area (Å²) in [5, 5.41) is 0. The molecule has 0 spiro atoms. The molecule has 9 heteroatoms. The number of benzene rings is 2. The van der Waals surface area contributed by atoms with E-state index in [9.17, 15) is 13.8 Å². The average molecular weight is 531 g/mol. The van der Waals surface area contributed by atoms with E-state index in [4.69, 9.17) is 14.2 Å². The van der Waals surface area contributed by atoms with Crippen molar-refractivity contribution in [2.75, 3.05) is 33.9 Å². The van der Waals surface area contributed by atoms with Crippen LogP contribution in [0.15, 0.2) is 41.3 Å². The molecule has 0 aromatic heterocycles. The maximum absolute atomic E-state index is 13.0. The van der Waals surface area contributed by atoms with Crippen LogP contribution in [0, 0.1) is 0 Å². The molecule has 2 aromatic carbocycles. The van der Waals surface area contributed by atoms with Gasteiger partial charge in [0.2, 0.25) is 0 Å². The summed E-state index contributed by atoms with van der Waals surface area (Å²) >= 11 is 0. The standard InChI is InChI=1S/C28H38N2O6S/c1-28(2,3)36-27(32)30(16-13-20-10-6-7-12-24(20)34-5)15-9-8-11-23(31)22-18-21-14-17-35-26(21)25(19-22)37(33)29-4/h6-7,10,12,18-19,29H,8-9,11,13-17H2,1-5H3. The lowest BCUT2D eigenvalue weighted by molar-refractivity contribution is 0.0249. The molecule has 202 valence electrons. The summed E-state index contributed by atoms with van der Waals surface area (Å²) in [5.74, 6) is 1.39. The number of unbranched alkanes of at least 4 members (excludes halogenated alkanes) is 1. The van der Waals surface area contributed by atoms with Crippen LogP contribution in [0.1, 0.15) is 61.5 Å². The summed E-state index contributed by atoms with van der Waals surface area (Å²) in [6.07, 6.45) is 2.56. The van der Waals surface area contributed by atoms with E-state index >= 15 is 0 Å². The number of ether oxygens (including phenoxy) is 3. The number of amides is 1. The Labute approximate surface area is 222 Å². The van der Waals surface area contributed by atoms with Gasteiger partial charge in [-0.25, -0.2) is 13.7 Å². The lowest BCUT2D eigenvalue weighted by Gasteiger charge is -2.27. The van der Waals surface area contributed by atoms with Gasteiger partial charge in [0.15, 0.2) is 5.78 Å². The second kappa shape index (κ2) is 13.1. The van der Waals surface area contributed by atoms with Crippen molar-refractivity contribution in [3.63, 3.8) is 0 Å². The zero-order chi connectivity index (χ0) is 27.0. The van der Waals surface area contributed by atoms with E-state index < -0.39 is 16.6 Å². The van der Waals surface area contributed by atoms with Crippen molar-refractivity contribution in [3.05, 3.63) is 53.1 Å². The number of carbonyl (C=O) groups excluding carboxylic acids is 2. The molecule has 0 bridgehead atoms. The fourth-order valence-corrected chi connectivity index (χ4v) is 5.01. The topological polar surface area (TPSA) is 94.2 Å². The van der Waals surface area contributed by atoms with Gasteiger partial charge < -0.3 is 19.1 Å². The van der Waals surface area contributed by atoms with Gasteiger partial charge in [0.1, 0.15) is 28.1 Å². The Morgan fingerprint density at radius 2 is 1.89 bits per heavy atom. The lowest BCUT2D eigenvalue weighted by Crippen LogP contribution is -2.38. The molecule has 1 amide bonds. The highest BCUT2D eigenvalue weighted by Gasteiger charge is 2.24. The van der Waals surface area contributed by atoms with Crippen LogP contribution in [0.3, 0.4) is 0 Å². The molecule has 3 rings (SSSR count).